The molecule has 0 saturated carbocycles. The quantitative estimate of drug-likeness (QED) is 0.840. The molecule has 19 heavy (non-hydrogen) atoms. The molecule has 0 spiro atoms. The first kappa shape index (κ1) is 12.4. The number of amides is 1. The summed E-state index contributed by atoms with van der Waals surface area (Å²) in [5, 5.41) is 3.51. The molecule has 0 radical (unpaired) electrons. The number of fused-ring (bicyclic) bond motifs is 1. The molecule has 1 aliphatic rings. The summed E-state index contributed by atoms with van der Waals surface area (Å²) in [7, 11) is 0. The van der Waals surface area contributed by atoms with Crippen LogP contribution in [0.5, 0.6) is 0 Å². The number of carbonyl (C=O) groups is 1. The molecule has 100 valence electrons. The van der Waals surface area contributed by atoms with Gasteiger partial charge < -0.3 is 11.1 Å². The van der Waals surface area contributed by atoms with Crippen LogP contribution in [0.25, 0.3) is 10.2 Å². The van der Waals surface area contributed by atoms with E-state index < -0.39 is 0 Å². The van der Waals surface area contributed by atoms with E-state index in [1.807, 2.05) is 18.2 Å². The Morgan fingerprint density at radius 2 is 2.21 bits per heavy atom. The van der Waals surface area contributed by atoms with Gasteiger partial charge >= 0.3 is 0 Å². The van der Waals surface area contributed by atoms with E-state index in [9.17, 15) is 4.79 Å². The molecule has 0 unspecified atom stereocenters. The van der Waals surface area contributed by atoms with Gasteiger partial charge in [-0.15, -0.1) is 0 Å². The average molecular weight is 276 g/mol. The van der Waals surface area contributed by atoms with Crippen molar-refractivity contribution in [3.63, 3.8) is 0 Å². The zero-order chi connectivity index (χ0) is 13.2. The lowest BCUT2D eigenvalue weighted by atomic mass is 10.3. The number of thiazole rings is 1. The minimum atomic E-state index is 0.00827. The molecule has 2 heterocycles. The SMILES string of the molecule is Nc1ccc2nc(NC(=O)CN3CCCC3)sc2c1. The normalized spacial score (nSPS) is 16.0. The Morgan fingerprint density at radius 3 is 3.00 bits per heavy atom. The third-order valence-electron chi connectivity index (χ3n) is 3.22. The van der Waals surface area contributed by atoms with Crippen molar-refractivity contribution in [1.29, 1.82) is 0 Å². The van der Waals surface area contributed by atoms with Gasteiger partial charge in [0, 0.05) is 5.69 Å². The van der Waals surface area contributed by atoms with Gasteiger partial charge in [0.25, 0.3) is 0 Å². The zero-order valence-electron chi connectivity index (χ0n) is 10.6. The second-order valence-corrected chi connectivity index (χ2v) is 5.81. The Kier molecular flexibility index (Phi) is 3.35. The van der Waals surface area contributed by atoms with Gasteiger partial charge in [0.1, 0.15) is 0 Å². The lowest BCUT2D eigenvalue weighted by Gasteiger charge is -2.12. The second-order valence-electron chi connectivity index (χ2n) is 4.78. The van der Waals surface area contributed by atoms with Gasteiger partial charge in [-0.1, -0.05) is 11.3 Å². The fraction of sp³-hybridized carbons (Fsp3) is 0.385. The number of benzene rings is 1. The topological polar surface area (TPSA) is 71.2 Å². The number of likely N-dealkylation sites (tertiary alicyclic amines) is 1. The molecule has 0 bridgehead atoms. The maximum Gasteiger partial charge on any atom is 0.240 e. The first-order valence-electron chi connectivity index (χ1n) is 6.39. The van der Waals surface area contributed by atoms with Crippen LogP contribution in [0.4, 0.5) is 10.8 Å². The van der Waals surface area contributed by atoms with Crippen LogP contribution in [-0.2, 0) is 4.79 Å². The summed E-state index contributed by atoms with van der Waals surface area (Å²) in [5.74, 6) is 0.00827. The van der Waals surface area contributed by atoms with Crippen molar-refractivity contribution < 1.29 is 4.79 Å². The molecular weight excluding hydrogens is 260 g/mol. The summed E-state index contributed by atoms with van der Waals surface area (Å²) in [5.41, 5.74) is 7.31. The van der Waals surface area contributed by atoms with Gasteiger partial charge in [0.15, 0.2) is 5.13 Å². The highest BCUT2D eigenvalue weighted by atomic mass is 32.1. The highest BCUT2D eigenvalue weighted by molar-refractivity contribution is 7.22. The maximum atomic E-state index is 11.9. The maximum absolute atomic E-state index is 11.9. The fourth-order valence-corrected chi connectivity index (χ4v) is 3.23. The highest BCUT2D eigenvalue weighted by Gasteiger charge is 2.16. The molecule has 2 aromatic rings. The Morgan fingerprint density at radius 1 is 1.42 bits per heavy atom. The molecule has 1 aromatic carbocycles. The van der Waals surface area contributed by atoms with Crippen molar-refractivity contribution in [3.05, 3.63) is 18.2 Å². The first-order valence-corrected chi connectivity index (χ1v) is 7.21. The number of nitrogen functional groups attached to an aromatic ring is 1. The van der Waals surface area contributed by atoms with E-state index in [-0.39, 0.29) is 5.91 Å². The molecule has 1 saturated heterocycles. The van der Waals surface area contributed by atoms with Gasteiger partial charge in [0.2, 0.25) is 5.91 Å². The Balaban J connectivity index is 1.68. The smallest absolute Gasteiger partial charge is 0.240 e. The monoisotopic (exact) mass is 276 g/mol. The molecule has 5 nitrogen and oxygen atoms in total. The number of hydrogen-bond donors (Lipinski definition) is 2. The van der Waals surface area contributed by atoms with Gasteiger partial charge in [-0.2, -0.15) is 0 Å². The van der Waals surface area contributed by atoms with Crippen LogP contribution in [0.15, 0.2) is 18.2 Å². The van der Waals surface area contributed by atoms with E-state index in [1.165, 1.54) is 24.2 Å². The number of nitrogens with one attached hydrogen (secondary N) is 1. The summed E-state index contributed by atoms with van der Waals surface area (Å²) in [6, 6.07) is 5.57. The van der Waals surface area contributed by atoms with Crippen molar-refractivity contribution >= 4 is 38.3 Å². The minimum absolute atomic E-state index is 0.00827. The summed E-state index contributed by atoms with van der Waals surface area (Å²) >= 11 is 1.46. The van der Waals surface area contributed by atoms with E-state index in [1.54, 1.807) is 0 Å². The van der Waals surface area contributed by atoms with Crippen molar-refractivity contribution in [1.82, 2.24) is 9.88 Å². The third kappa shape index (κ3) is 2.85. The van der Waals surface area contributed by atoms with Crippen LogP contribution in [-0.4, -0.2) is 35.4 Å². The molecule has 6 heteroatoms. The average Bonchev–Trinajstić information content (AvgIpc) is 2.97. The largest absolute Gasteiger partial charge is 0.399 e. The summed E-state index contributed by atoms with van der Waals surface area (Å²) < 4.78 is 0.997. The molecule has 0 aliphatic carbocycles. The van der Waals surface area contributed by atoms with Crippen molar-refractivity contribution in [2.45, 2.75) is 12.8 Å². The number of hydrogen-bond acceptors (Lipinski definition) is 5. The van der Waals surface area contributed by atoms with E-state index in [0.29, 0.717) is 17.4 Å². The van der Waals surface area contributed by atoms with E-state index in [0.717, 1.165) is 23.3 Å². The Bertz CT molecular complexity index is 604. The number of nitrogens with zero attached hydrogens (tertiary/aromatic N) is 2. The first-order chi connectivity index (χ1) is 9.20. The molecule has 0 atom stereocenters. The lowest BCUT2D eigenvalue weighted by Crippen LogP contribution is -2.30. The van der Waals surface area contributed by atoms with Crippen molar-refractivity contribution in [2.75, 3.05) is 30.7 Å². The molecule has 3 rings (SSSR count). The second kappa shape index (κ2) is 5.14. The van der Waals surface area contributed by atoms with Crippen molar-refractivity contribution in [3.8, 4) is 0 Å². The van der Waals surface area contributed by atoms with E-state index in [4.69, 9.17) is 5.73 Å². The molecule has 1 aromatic heterocycles. The fourth-order valence-electron chi connectivity index (χ4n) is 2.30. The van der Waals surface area contributed by atoms with E-state index in [2.05, 4.69) is 15.2 Å². The third-order valence-corrected chi connectivity index (χ3v) is 4.16. The Hall–Kier alpha value is -1.66. The van der Waals surface area contributed by atoms with Gasteiger partial charge in [-0.05, 0) is 44.1 Å². The lowest BCUT2D eigenvalue weighted by molar-refractivity contribution is -0.117. The number of anilines is 2. The van der Waals surface area contributed by atoms with Crippen LogP contribution >= 0.6 is 11.3 Å². The van der Waals surface area contributed by atoms with Crippen LogP contribution in [0.3, 0.4) is 0 Å². The highest BCUT2D eigenvalue weighted by Crippen LogP contribution is 2.27. The Labute approximate surface area is 115 Å². The number of aromatic nitrogens is 1. The molecule has 1 amide bonds. The number of rotatable bonds is 3. The summed E-state index contributed by atoms with van der Waals surface area (Å²) in [6.45, 7) is 2.49. The number of nitrogens with two attached hydrogens (primary N) is 1. The molecular formula is C13H16N4OS. The van der Waals surface area contributed by atoms with Gasteiger partial charge in [-0.25, -0.2) is 4.98 Å². The van der Waals surface area contributed by atoms with E-state index >= 15 is 0 Å². The summed E-state index contributed by atoms with van der Waals surface area (Å²) in [4.78, 5) is 18.4. The zero-order valence-corrected chi connectivity index (χ0v) is 11.4. The molecule has 1 aliphatic heterocycles. The predicted octanol–water partition coefficient (Wildman–Crippen LogP) is 1.91. The summed E-state index contributed by atoms with van der Waals surface area (Å²) in [6.07, 6.45) is 2.38. The minimum Gasteiger partial charge on any atom is -0.399 e. The van der Waals surface area contributed by atoms with Crippen LogP contribution < -0.4 is 11.1 Å². The van der Waals surface area contributed by atoms with Crippen molar-refractivity contribution in [2.24, 2.45) is 0 Å². The molecule has 3 N–H and O–H groups in total. The van der Waals surface area contributed by atoms with Crippen LogP contribution in [0.2, 0.25) is 0 Å². The van der Waals surface area contributed by atoms with Crippen LogP contribution in [0, 0.1) is 0 Å². The van der Waals surface area contributed by atoms with Gasteiger partial charge in [-0.3, -0.25) is 9.69 Å². The predicted molar refractivity (Wildman–Crippen MR) is 78.3 cm³/mol. The van der Waals surface area contributed by atoms with Gasteiger partial charge in [0.05, 0.1) is 16.8 Å². The standard InChI is InChI=1S/C13H16N4OS/c14-9-3-4-10-11(7-9)19-13(15-10)16-12(18)8-17-5-1-2-6-17/h3-4,7H,1-2,5-6,8,14H2,(H,15,16,18). The van der Waals surface area contributed by atoms with Crippen LogP contribution in [0.1, 0.15) is 12.8 Å². The molecule has 1 fully saturated rings. The number of carbonyl (C=O) groups excluding carboxylic acids is 1.